The average molecular weight is 570 g/mol. The number of aromatic nitrogens is 2. The summed E-state index contributed by atoms with van der Waals surface area (Å²) in [6.07, 6.45) is 6.38. The highest BCUT2D eigenvalue weighted by Gasteiger charge is 2.25. The van der Waals surface area contributed by atoms with Gasteiger partial charge >= 0.3 is 0 Å². The normalized spacial score (nSPS) is 15.2. The van der Waals surface area contributed by atoms with Crippen molar-refractivity contribution >= 4 is 35.8 Å². The molecule has 33 heavy (non-hydrogen) atoms. The Kier molecular flexibility index (Phi) is 10.4. The lowest BCUT2D eigenvalue weighted by molar-refractivity contribution is -0.123. The van der Waals surface area contributed by atoms with E-state index in [9.17, 15) is 9.90 Å². The average Bonchev–Trinajstić information content (AvgIpc) is 3.47. The molecular formula is C23H35IN6O3. The molecule has 0 saturated heterocycles. The maximum absolute atomic E-state index is 11.7. The second-order valence-corrected chi connectivity index (χ2v) is 8.32. The van der Waals surface area contributed by atoms with Crippen LogP contribution in [-0.4, -0.2) is 59.0 Å². The van der Waals surface area contributed by atoms with Crippen LogP contribution < -0.4 is 20.7 Å². The van der Waals surface area contributed by atoms with Crippen molar-refractivity contribution in [3.63, 3.8) is 0 Å². The molecule has 10 heteroatoms. The predicted octanol–water partition coefficient (Wildman–Crippen LogP) is 1.70. The van der Waals surface area contributed by atoms with Gasteiger partial charge in [-0.2, -0.15) is 5.10 Å². The molecule has 9 nitrogen and oxygen atoms in total. The lowest BCUT2D eigenvalue weighted by Crippen LogP contribution is -2.39. The molecule has 2 aromatic rings. The number of guanidine groups is 1. The standard InChI is InChI=1S/C23H34N6O3.HI/c1-4-24-22(26-16-23(2,31)18-13-27-29(3)14-18)25-12-11-17-5-9-20(10-6-17)32-15-21(30)28-19-7-8-19;/h5-6,9-10,13-14,19,31H,4,7-8,11-12,15-16H2,1-3H3,(H,28,30)(H2,24,25,26);1H. The first-order valence-corrected chi connectivity index (χ1v) is 11.1. The van der Waals surface area contributed by atoms with Crippen LogP contribution in [0.2, 0.25) is 0 Å². The Bertz CT molecular complexity index is 909. The Balaban J connectivity index is 0.00000385. The molecule has 1 aliphatic rings. The number of halogens is 1. The summed E-state index contributed by atoms with van der Waals surface area (Å²) in [6.45, 7) is 5.40. The number of nitrogens with zero attached hydrogens (tertiary/aromatic N) is 3. The SMILES string of the molecule is CCNC(=NCC(C)(O)c1cnn(C)c1)NCCc1ccc(OCC(=O)NC2CC2)cc1.I. The van der Waals surface area contributed by atoms with Gasteiger partial charge in [0, 0.05) is 37.9 Å². The minimum Gasteiger partial charge on any atom is -0.484 e. The molecule has 0 radical (unpaired) electrons. The van der Waals surface area contributed by atoms with Gasteiger partial charge in [0.05, 0.1) is 12.7 Å². The van der Waals surface area contributed by atoms with Gasteiger partial charge in [0.2, 0.25) is 0 Å². The number of aliphatic imine (C=N–C) groups is 1. The highest BCUT2D eigenvalue weighted by molar-refractivity contribution is 14.0. The number of aryl methyl sites for hydroxylation is 1. The number of benzene rings is 1. The van der Waals surface area contributed by atoms with Gasteiger partial charge in [0.25, 0.3) is 5.91 Å². The second-order valence-electron chi connectivity index (χ2n) is 8.32. The molecule has 1 aromatic heterocycles. The fraction of sp³-hybridized carbons (Fsp3) is 0.522. The van der Waals surface area contributed by atoms with Gasteiger partial charge < -0.3 is 25.8 Å². The summed E-state index contributed by atoms with van der Waals surface area (Å²) in [5.41, 5.74) is 0.777. The summed E-state index contributed by atoms with van der Waals surface area (Å²) in [7, 11) is 1.82. The molecule has 3 rings (SSSR count). The molecular weight excluding hydrogens is 535 g/mol. The van der Waals surface area contributed by atoms with E-state index >= 15 is 0 Å². The van der Waals surface area contributed by atoms with E-state index in [1.165, 1.54) is 0 Å². The smallest absolute Gasteiger partial charge is 0.258 e. The molecule has 1 fully saturated rings. The van der Waals surface area contributed by atoms with E-state index in [2.05, 4.69) is 26.0 Å². The zero-order chi connectivity index (χ0) is 23.0. The zero-order valence-electron chi connectivity index (χ0n) is 19.5. The van der Waals surface area contributed by atoms with E-state index in [0.717, 1.165) is 36.9 Å². The van der Waals surface area contributed by atoms with Gasteiger partial charge in [0.1, 0.15) is 11.4 Å². The van der Waals surface area contributed by atoms with Gasteiger partial charge in [-0.3, -0.25) is 9.48 Å². The molecule has 182 valence electrons. The van der Waals surface area contributed by atoms with E-state index < -0.39 is 5.60 Å². The summed E-state index contributed by atoms with van der Waals surface area (Å²) in [4.78, 5) is 16.2. The van der Waals surface area contributed by atoms with E-state index in [1.54, 1.807) is 24.0 Å². The van der Waals surface area contributed by atoms with Gasteiger partial charge in [0.15, 0.2) is 12.6 Å². The van der Waals surface area contributed by atoms with Crippen molar-refractivity contribution in [2.45, 2.75) is 44.8 Å². The Morgan fingerprint density at radius 1 is 1.30 bits per heavy atom. The third-order valence-corrected chi connectivity index (χ3v) is 5.16. The number of amides is 1. The molecule has 0 bridgehead atoms. The van der Waals surface area contributed by atoms with Crippen molar-refractivity contribution in [1.82, 2.24) is 25.7 Å². The highest BCUT2D eigenvalue weighted by atomic mass is 127. The number of carbonyl (C=O) groups is 1. The number of aliphatic hydroxyl groups is 1. The van der Waals surface area contributed by atoms with Crippen molar-refractivity contribution in [3.05, 3.63) is 47.8 Å². The molecule has 4 N–H and O–H groups in total. The first-order chi connectivity index (χ1) is 15.4. The summed E-state index contributed by atoms with van der Waals surface area (Å²) in [6, 6.07) is 8.09. The summed E-state index contributed by atoms with van der Waals surface area (Å²) in [5, 5.41) is 24.2. The topological polar surface area (TPSA) is 113 Å². The van der Waals surface area contributed by atoms with E-state index in [4.69, 9.17) is 4.74 Å². The number of ether oxygens (including phenoxy) is 1. The quantitative estimate of drug-likeness (QED) is 0.186. The molecule has 1 saturated carbocycles. The Morgan fingerprint density at radius 2 is 2.03 bits per heavy atom. The van der Waals surface area contributed by atoms with Crippen molar-refractivity contribution < 1.29 is 14.6 Å². The van der Waals surface area contributed by atoms with Gasteiger partial charge in [-0.25, -0.2) is 4.99 Å². The number of hydrogen-bond donors (Lipinski definition) is 4. The van der Waals surface area contributed by atoms with Crippen LogP contribution in [0.3, 0.4) is 0 Å². The number of carbonyl (C=O) groups excluding carboxylic acids is 1. The lowest BCUT2D eigenvalue weighted by Gasteiger charge is -2.20. The Labute approximate surface area is 212 Å². The van der Waals surface area contributed by atoms with Crippen LogP contribution in [0.15, 0.2) is 41.7 Å². The number of hydrogen-bond acceptors (Lipinski definition) is 5. The monoisotopic (exact) mass is 570 g/mol. The van der Waals surface area contributed by atoms with E-state index in [0.29, 0.717) is 24.3 Å². The molecule has 1 amide bonds. The predicted molar refractivity (Wildman–Crippen MR) is 139 cm³/mol. The first-order valence-electron chi connectivity index (χ1n) is 11.1. The summed E-state index contributed by atoms with van der Waals surface area (Å²) < 4.78 is 7.20. The first kappa shape index (κ1) is 26.9. The highest BCUT2D eigenvalue weighted by Crippen LogP contribution is 2.20. The van der Waals surface area contributed by atoms with E-state index in [1.807, 2.05) is 38.2 Å². The maximum Gasteiger partial charge on any atom is 0.258 e. The second kappa shape index (κ2) is 12.8. The Morgan fingerprint density at radius 3 is 2.64 bits per heavy atom. The molecule has 1 aromatic carbocycles. The number of rotatable bonds is 11. The molecule has 1 atom stereocenters. The third-order valence-electron chi connectivity index (χ3n) is 5.16. The molecule has 0 aliphatic heterocycles. The van der Waals surface area contributed by atoms with Crippen LogP contribution >= 0.6 is 24.0 Å². The van der Waals surface area contributed by atoms with Gasteiger partial charge in [-0.05, 0) is 50.8 Å². The third kappa shape index (κ3) is 9.20. The fourth-order valence-corrected chi connectivity index (χ4v) is 3.09. The molecule has 1 aliphatic carbocycles. The maximum atomic E-state index is 11.7. The van der Waals surface area contributed by atoms with Gasteiger partial charge in [-0.1, -0.05) is 12.1 Å². The van der Waals surface area contributed by atoms with Crippen LogP contribution in [0.25, 0.3) is 0 Å². The molecule has 1 unspecified atom stereocenters. The summed E-state index contributed by atoms with van der Waals surface area (Å²) in [5.74, 6) is 1.26. The van der Waals surface area contributed by atoms with Gasteiger partial charge in [-0.15, -0.1) is 24.0 Å². The minimum absolute atomic E-state index is 0. The largest absolute Gasteiger partial charge is 0.484 e. The van der Waals surface area contributed by atoms with Crippen molar-refractivity contribution in [2.75, 3.05) is 26.2 Å². The molecule has 0 spiro atoms. The van der Waals surface area contributed by atoms with Crippen molar-refractivity contribution in [2.24, 2.45) is 12.0 Å². The van der Waals surface area contributed by atoms with Crippen LogP contribution in [0.1, 0.15) is 37.8 Å². The lowest BCUT2D eigenvalue weighted by atomic mass is 10.0. The van der Waals surface area contributed by atoms with Crippen LogP contribution in [0.5, 0.6) is 5.75 Å². The van der Waals surface area contributed by atoms with Crippen LogP contribution in [0.4, 0.5) is 0 Å². The zero-order valence-corrected chi connectivity index (χ0v) is 21.8. The summed E-state index contributed by atoms with van der Waals surface area (Å²) >= 11 is 0. The van der Waals surface area contributed by atoms with Crippen molar-refractivity contribution in [3.8, 4) is 5.75 Å². The minimum atomic E-state index is -1.10. The Hall–Kier alpha value is -2.34. The van der Waals surface area contributed by atoms with Crippen molar-refractivity contribution in [1.29, 1.82) is 0 Å². The molecule has 1 heterocycles. The van der Waals surface area contributed by atoms with E-state index in [-0.39, 0.29) is 43.0 Å². The number of nitrogens with one attached hydrogen (secondary N) is 3. The fourth-order valence-electron chi connectivity index (χ4n) is 3.09. The van der Waals surface area contributed by atoms with Crippen LogP contribution in [-0.2, 0) is 23.9 Å². The van der Waals surface area contributed by atoms with Crippen LogP contribution in [0, 0.1) is 0 Å².